The van der Waals surface area contributed by atoms with Crippen molar-refractivity contribution in [1.82, 2.24) is 14.9 Å². The van der Waals surface area contributed by atoms with Crippen molar-refractivity contribution >= 4 is 12.0 Å². The van der Waals surface area contributed by atoms with E-state index in [4.69, 9.17) is 10.5 Å². The summed E-state index contributed by atoms with van der Waals surface area (Å²) in [6.07, 6.45) is 5.68. The Balaban J connectivity index is 1.23. The van der Waals surface area contributed by atoms with Crippen molar-refractivity contribution in [3.63, 3.8) is 0 Å². The van der Waals surface area contributed by atoms with Crippen molar-refractivity contribution in [2.75, 3.05) is 13.1 Å². The maximum absolute atomic E-state index is 13.6. The van der Waals surface area contributed by atoms with Gasteiger partial charge in [0.2, 0.25) is 5.91 Å². The number of aromatic nitrogens is 2. The van der Waals surface area contributed by atoms with Gasteiger partial charge in [-0.1, -0.05) is 0 Å². The van der Waals surface area contributed by atoms with Crippen LogP contribution in [0.15, 0.2) is 12.3 Å². The number of nitrogens with two attached hydrogens (primary N) is 1. The van der Waals surface area contributed by atoms with E-state index >= 15 is 0 Å². The van der Waals surface area contributed by atoms with E-state index < -0.39 is 11.3 Å². The van der Waals surface area contributed by atoms with Crippen LogP contribution in [-0.4, -0.2) is 46.1 Å². The highest BCUT2D eigenvalue weighted by Crippen LogP contribution is 2.60. The van der Waals surface area contributed by atoms with Gasteiger partial charge >= 0.3 is 6.09 Å². The smallest absolute Gasteiger partial charge is 0.410 e. The van der Waals surface area contributed by atoms with E-state index in [1.807, 2.05) is 0 Å². The largest absolute Gasteiger partial charge is 0.446 e. The summed E-state index contributed by atoms with van der Waals surface area (Å²) in [5.74, 6) is -2.22. The highest BCUT2D eigenvalue weighted by Gasteiger charge is 2.59. The lowest BCUT2D eigenvalue weighted by Gasteiger charge is -2.58. The highest BCUT2D eigenvalue weighted by molar-refractivity contribution is 5.81. The van der Waals surface area contributed by atoms with Crippen LogP contribution in [0.3, 0.4) is 0 Å². The van der Waals surface area contributed by atoms with Gasteiger partial charge < -0.3 is 15.4 Å². The first-order valence-electron chi connectivity index (χ1n) is 11.1. The lowest BCUT2D eigenvalue weighted by molar-refractivity contribution is -0.161. The number of hydrogen-bond acceptors (Lipinski definition) is 5. The number of amides is 2. The minimum atomic E-state index is -3.03. The van der Waals surface area contributed by atoms with E-state index in [2.05, 4.69) is 9.97 Å². The van der Waals surface area contributed by atoms with Crippen LogP contribution in [0.2, 0.25) is 0 Å². The minimum absolute atomic E-state index is 0.172. The van der Waals surface area contributed by atoms with Crippen molar-refractivity contribution in [3.05, 3.63) is 23.8 Å². The maximum atomic E-state index is 13.6. The molecule has 1 aliphatic heterocycles. The molecule has 0 spiro atoms. The van der Waals surface area contributed by atoms with E-state index in [9.17, 15) is 18.4 Å². The second kappa shape index (κ2) is 7.10. The Bertz CT molecular complexity index is 889. The van der Waals surface area contributed by atoms with E-state index in [0.717, 1.165) is 26.2 Å². The standard InChI is InChI=1S/C22H28F2N4O3/c1-21(23,24)16-2-4-26-18(27-16)13-3-5-28(11-13)20(30)31-17-14-6-12-7-15(17)10-22(8-12,9-14)19(25)29/h2,4,12-15,17H,3,5-11H2,1H3,(H2,25,29)/t12?,13?,14?,15?,17-,22-. The predicted molar refractivity (Wildman–Crippen MR) is 106 cm³/mol. The summed E-state index contributed by atoms with van der Waals surface area (Å²) in [6, 6.07) is 1.22. The van der Waals surface area contributed by atoms with Crippen LogP contribution in [0.25, 0.3) is 0 Å². The average Bonchev–Trinajstić information content (AvgIpc) is 3.20. The summed E-state index contributed by atoms with van der Waals surface area (Å²) in [7, 11) is 0. The summed E-state index contributed by atoms with van der Waals surface area (Å²) in [4.78, 5) is 34.8. The van der Waals surface area contributed by atoms with Crippen LogP contribution in [0.4, 0.5) is 13.6 Å². The molecule has 5 fully saturated rings. The van der Waals surface area contributed by atoms with Crippen molar-refractivity contribution in [3.8, 4) is 0 Å². The molecule has 5 aliphatic rings. The number of primary amides is 1. The fourth-order valence-electron chi connectivity index (χ4n) is 6.61. The molecule has 1 saturated heterocycles. The van der Waals surface area contributed by atoms with Crippen molar-refractivity contribution in [2.45, 2.75) is 63.4 Å². The fraction of sp³-hybridized carbons (Fsp3) is 0.727. The lowest BCUT2D eigenvalue weighted by atomic mass is 9.48. The predicted octanol–water partition coefficient (Wildman–Crippen LogP) is 3.19. The molecule has 2 heterocycles. The monoisotopic (exact) mass is 434 g/mol. The van der Waals surface area contributed by atoms with Gasteiger partial charge in [-0.05, 0) is 62.3 Å². The zero-order chi connectivity index (χ0) is 22.0. The van der Waals surface area contributed by atoms with Crippen LogP contribution in [0.1, 0.15) is 62.9 Å². The third-order valence-corrected chi connectivity index (χ3v) is 7.88. The summed E-state index contributed by atoms with van der Waals surface area (Å²) in [6.45, 7) is 1.65. The average molecular weight is 434 g/mol. The van der Waals surface area contributed by atoms with Gasteiger partial charge in [-0.25, -0.2) is 14.8 Å². The fourth-order valence-corrected chi connectivity index (χ4v) is 6.61. The van der Waals surface area contributed by atoms with Crippen LogP contribution in [0.5, 0.6) is 0 Å². The van der Waals surface area contributed by atoms with Crippen molar-refractivity contribution in [2.24, 2.45) is 28.9 Å². The van der Waals surface area contributed by atoms with Gasteiger partial charge in [0.05, 0.1) is 5.41 Å². The molecule has 0 aromatic carbocycles. The van der Waals surface area contributed by atoms with Gasteiger partial charge in [0.15, 0.2) is 0 Å². The number of halogens is 2. The molecule has 4 bridgehead atoms. The van der Waals surface area contributed by atoms with E-state index in [1.165, 1.54) is 12.3 Å². The van der Waals surface area contributed by atoms with Crippen LogP contribution in [0, 0.1) is 23.2 Å². The number of rotatable bonds is 4. The SMILES string of the molecule is CC(F)(F)c1ccnc(C2CCN(C(=O)O[C@H]3C4CC5CC3C[C@](C(N)=O)(C5)C4)C2)n1. The topological polar surface area (TPSA) is 98.4 Å². The van der Waals surface area contributed by atoms with Gasteiger partial charge in [-0.3, -0.25) is 4.79 Å². The van der Waals surface area contributed by atoms with Gasteiger partial charge in [0.25, 0.3) is 5.92 Å². The molecule has 0 radical (unpaired) electrons. The molecular formula is C22H28F2N4O3. The van der Waals surface area contributed by atoms with E-state index in [1.54, 1.807) is 4.90 Å². The molecule has 4 aliphatic carbocycles. The van der Waals surface area contributed by atoms with E-state index in [0.29, 0.717) is 44.1 Å². The molecule has 3 unspecified atom stereocenters. The third-order valence-electron chi connectivity index (χ3n) is 7.88. The quantitative estimate of drug-likeness (QED) is 0.785. The number of carbonyl (C=O) groups excluding carboxylic acids is 2. The number of nitrogens with zero attached hydrogens (tertiary/aromatic N) is 3. The number of hydrogen-bond donors (Lipinski definition) is 1. The first kappa shape index (κ1) is 20.6. The first-order chi connectivity index (χ1) is 14.6. The maximum Gasteiger partial charge on any atom is 0.410 e. The molecule has 31 heavy (non-hydrogen) atoms. The molecule has 7 nitrogen and oxygen atoms in total. The Hall–Kier alpha value is -2.32. The number of alkyl halides is 2. The Morgan fingerprint density at radius 1 is 1.26 bits per heavy atom. The van der Waals surface area contributed by atoms with Crippen LogP contribution in [-0.2, 0) is 15.5 Å². The third kappa shape index (κ3) is 3.55. The summed E-state index contributed by atoms with van der Waals surface area (Å²) in [5.41, 5.74) is 5.01. The van der Waals surface area contributed by atoms with Crippen LogP contribution < -0.4 is 5.73 Å². The van der Waals surface area contributed by atoms with Crippen molar-refractivity contribution in [1.29, 1.82) is 0 Å². The number of likely N-dealkylation sites (tertiary alicyclic amines) is 1. The zero-order valence-corrected chi connectivity index (χ0v) is 17.6. The Morgan fingerprint density at radius 2 is 1.97 bits per heavy atom. The second-order valence-electron chi connectivity index (χ2n) is 10.1. The molecule has 1 aromatic heterocycles. The molecule has 168 valence electrons. The van der Waals surface area contributed by atoms with Gasteiger partial charge in [-0.2, -0.15) is 8.78 Å². The Morgan fingerprint density at radius 3 is 2.61 bits per heavy atom. The summed E-state index contributed by atoms with van der Waals surface area (Å²) < 4.78 is 33.2. The Labute approximate surface area is 179 Å². The van der Waals surface area contributed by atoms with Gasteiger partial charge in [-0.15, -0.1) is 0 Å². The molecule has 1 aromatic rings. The summed E-state index contributed by atoms with van der Waals surface area (Å²) in [5, 5.41) is 0. The normalized spacial score (nSPS) is 36.6. The molecule has 2 amide bonds. The van der Waals surface area contributed by atoms with Crippen molar-refractivity contribution < 1.29 is 23.1 Å². The van der Waals surface area contributed by atoms with E-state index in [-0.39, 0.29) is 41.6 Å². The molecule has 3 atom stereocenters. The molecule has 6 rings (SSSR count). The second-order valence-corrected chi connectivity index (χ2v) is 10.1. The molecular weight excluding hydrogens is 406 g/mol. The molecule has 4 saturated carbocycles. The molecule has 2 N–H and O–H groups in total. The molecule has 9 heteroatoms. The number of ether oxygens (including phenoxy) is 1. The Kier molecular flexibility index (Phi) is 4.71. The lowest BCUT2D eigenvalue weighted by Crippen LogP contribution is -2.59. The zero-order valence-electron chi connectivity index (χ0n) is 17.6. The van der Waals surface area contributed by atoms with Crippen LogP contribution >= 0.6 is 0 Å². The first-order valence-corrected chi connectivity index (χ1v) is 11.1. The summed E-state index contributed by atoms with van der Waals surface area (Å²) >= 11 is 0. The van der Waals surface area contributed by atoms with Gasteiger partial charge in [0, 0.05) is 32.1 Å². The number of carbonyl (C=O) groups is 2. The highest BCUT2D eigenvalue weighted by atomic mass is 19.3. The minimum Gasteiger partial charge on any atom is -0.446 e. The van der Waals surface area contributed by atoms with Gasteiger partial charge in [0.1, 0.15) is 17.6 Å².